The standard InChI is InChI=1S/C22H26N3O3.HI/c1-4-25(3,5-2)15-16-28-22(27)20-18-13-9-10-14-19(18)21(26)24(23-20)17-11-7-6-8-12-17;/h6-14H,4-5,15-16H2,1-3H3;1H/q+1;/p-1. The Hall–Kier alpha value is -2.26. The van der Waals surface area contributed by atoms with E-state index in [2.05, 4.69) is 26.0 Å². The van der Waals surface area contributed by atoms with E-state index in [9.17, 15) is 9.59 Å². The van der Waals surface area contributed by atoms with Crippen molar-refractivity contribution in [3.8, 4) is 5.69 Å². The fraction of sp³-hybridized carbons (Fsp3) is 0.318. The summed E-state index contributed by atoms with van der Waals surface area (Å²) in [5.74, 6) is -0.514. The Kier molecular flexibility index (Phi) is 7.92. The van der Waals surface area contributed by atoms with E-state index < -0.39 is 5.97 Å². The SMILES string of the molecule is CC[N+](C)(CC)CCOC(=O)c1nn(-c2ccccc2)c(=O)c2ccccc12.[I-]. The molecule has 0 aliphatic heterocycles. The van der Waals surface area contributed by atoms with Crippen LogP contribution in [0, 0.1) is 0 Å². The second-order valence-corrected chi connectivity index (χ2v) is 7.06. The molecule has 0 unspecified atom stereocenters. The largest absolute Gasteiger partial charge is 1.00 e. The molecular weight excluding hydrogens is 481 g/mol. The van der Waals surface area contributed by atoms with Crippen LogP contribution in [0.4, 0.5) is 0 Å². The zero-order valence-electron chi connectivity index (χ0n) is 17.0. The van der Waals surface area contributed by atoms with Crippen molar-refractivity contribution in [3.05, 3.63) is 70.6 Å². The molecule has 0 bridgehead atoms. The smallest absolute Gasteiger partial charge is 0.359 e. The number of hydrogen-bond donors (Lipinski definition) is 0. The third-order valence-corrected chi connectivity index (χ3v) is 5.39. The molecule has 3 aromatic rings. The normalized spacial score (nSPS) is 11.1. The van der Waals surface area contributed by atoms with Gasteiger partial charge in [-0.05, 0) is 32.0 Å². The van der Waals surface area contributed by atoms with Gasteiger partial charge in [0.05, 0.1) is 31.2 Å². The highest BCUT2D eigenvalue weighted by molar-refractivity contribution is 6.02. The van der Waals surface area contributed by atoms with Crippen LogP contribution in [0.3, 0.4) is 0 Å². The summed E-state index contributed by atoms with van der Waals surface area (Å²) in [6.45, 7) is 7.21. The van der Waals surface area contributed by atoms with Crippen LogP contribution in [-0.2, 0) is 4.74 Å². The van der Waals surface area contributed by atoms with Gasteiger partial charge in [-0.15, -0.1) is 0 Å². The number of esters is 1. The van der Waals surface area contributed by atoms with Gasteiger partial charge in [0.2, 0.25) is 0 Å². The van der Waals surface area contributed by atoms with E-state index in [4.69, 9.17) is 4.74 Å². The van der Waals surface area contributed by atoms with E-state index in [-0.39, 0.29) is 35.2 Å². The number of fused-ring (bicyclic) bond motifs is 1. The monoisotopic (exact) mass is 507 g/mol. The van der Waals surface area contributed by atoms with Crippen molar-refractivity contribution in [3.63, 3.8) is 0 Å². The Bertz CT molecular complexity index is 1030. The first-order valence-electron chi connectivity index (χ1n) is 9.57. The summed E-state index contributed by atoms with van der Waals surface area (Å²) < 4.78 is 7.62. The highest BCUT2D eigenvalue weighted by Gasteiger charge is 2.21. The second-order valence-electron chi connectivity index (χ2n) is 7.06. The zero-order valence-corrected chi connectivity index (χ0v) is 19.1. The maximum atomic E-state index is 12.9. The number of benzene rings is 2. The maximum Gasteiger partial charge on any atom is 0.359 e. The molecule has 0 atom stereocenters. The van der Waals surface area contributed by atoms with Gasteiger partial charge in [-0.1, -0.05) is 36.4 Å². The van der Waals surface area contributed by atoms with Gasteiger partial charge < -0.3 is 33.2 Å². The third-order valence-electron chi connectivity index (χ3n) is 5.39. The summed E-state index contributed by atoms with van der Waals surface area (Å²) in [6.07, 6.45) is 0. The van der Waals surface area contributed by atoms with Crippen LogP contribution < -0.4 is 29.5 Å². The number of carbonyl (C=O) groups excluding carboxylic acids is 1. The Labute approximate surface area is 187 Å². The van der Waals surface area contributed by atoms with Crippen LogP contribution in [0.2, 0.25) is 0 Å². The second kappa shape index (κ2) is 9.98. The van der Waals surface area contributed by atoms with Crippen molar-refractivity contribution < 1.29 is 38.0 Å². The topological polar surface area (TPSA) is 61.2 Å². The first kappa shape index (κ1) is 23.0. The molecule has 6 nitrogen and oxygen atoms in total. The minimum absolute atomic E-state index is 0. The summed E-state index contributed by atoms with van der Waals surface area (Å²) in [5, 5.41) is 5.30. The first-order valence-corrected chi connectivity index (χ1v) is 9.57. The van der Waals surface area contributed by atoms with E-state index in [1.54, 1.807) is 36.4 Å². The minimum Gasteiger partial charge on any atom is -1.00 e. The van der Waals surface area contributed by atoms with Crippen LogP contribution in [-0.4, -0.2) is 53.5 Å². The molecule has 1 heterocycles. The molecule has 2 aromatic carbocycles. The number of ether oxygens (including phenoxy) is 1. The van der Waals surface area contributed by atoms with E-state index in [1.165, 1.54) is 4.68 Å². The minimum atomic E-state index is -0.514. The average molecular weight is 507 g/mol. The number of hydrogen-bond acceptors (Lipinski definition) is 4. The fourth-order valence-electron chi connectivity index (χ4n) is 3.05. The molecule has 0 aliphatic carbocycles. The number of likely N-dealkylation sites (N-methyl/N-ethyl adjacent to an activating group) is 1. The number of nitrogens with zero attached hydrogens (tertiary/aromatic N) is 3. The van der Waals surface area contributed by atoms with Crippen molar-refractivity contribution in [1.82, 2.24) is 9.78 Å². The van der Waals surface area contributed by atoms with E-state index in [0.717, 1.165) is 24.1 Å². The molecule has 0 N–H and O–H groups in total. The van der Waals surface area contributed by atoms with Gasteiger partial charge in [-0.25, -0.2) is 4.79 Å². The van der Waals surface area contributed by atoms with Crippen LogP contribution in [0.5, 0.6) is 0 Å². The maximum absolute atomic E-state index is 12.9. The molecule has 0 amide bonds. The van der Waals surface area contributed by atoms with Gasteiger partial charge in [-0.2, -0.15) is 9.78 Å². The number of carbonyl (C=O) groups is 1. The van der Waals surface area contributed by atoms with E-state index in [0.29, 0.717) is 23.1 Å². The Morgan fingerprint density at radius 2 is 1.59 bits per heavy atom. The van der Waals surface area contributed by atoms with Gasteiger partial charge in [-0.3, -0.25) is 4.79 Å². The first-order chi connectivity index (χ1) is 13.5. The number of quaternary nitrogens is 1. The number of aromatic nitrogens is 2. The Balaban J connectivity index is 0.00000300. The van der Waals surface area contributed by atoms with Gasteiger partial charge in [0, 0.05) is 5.39 Å². The highest BCUT2D eigenvalue weighted by atomic mass is 127. The summed E-state index contributed by atoms with van der Waals surface area (Å²) in [5.41, 5.74) is 0.495. The quantitative estimate of drug-likeness (QED) is 0.258. The van der Waals surface area contributed by atoms with Gasteiger partial charge in [0.15, 0.2) is 5.69 Å². The lowest BCUT2D eigenvalue weighted by Gasteiger charge is -2.31. The summed E-state index contributed by atoms with van der Waals surface area (Å²) in [6, 6.07) is 16.1. The predicted molar refractivity (Wildman–Crippen MR) is 110 cm³/mol. The van der Waals surface area contributed by atoms with Crippen LogP contribution in [0.25, 0.3) is 16.5 Å². The van der Waals surface area contributed by atoms with Crippen LogP contribution in [0.15, 0.2) is 59.4 Å². The van der Waals surface area contributed by atoms with E-state index >= 15 is 0 Å². The van der Waals surface area contributed by atoms with Crippen molar-refractivity contribution in [2.45, 2.75) is 13.8 Å². The number of para-hydroxylation sites is 1. The molecular formula is C22H26IN3O3. The number of halogens is 1. The summed E-state index contributed by atoms with van der Waals surface area (Å²) >= 11 is 0. The van der Waals surface area contributed by atoms with Crippen LogP contribution in [0.1, 0.15) is 24.3 Å². The van der Waals surface area contributed by atoms with E-state index in [1.807, 2.05) is 18.2 Å². The molecule has 7 heteroatoms. The van der Waals surface area contributed by atoms with Gasteiger partial charge in [0.25, 0.3) is 5.56 Å². The molecule has 0 saturated heterocycles. The zero-order chi connectivity index (χ0) is 20.1. The van der Waals surface area contributed by atoms with Crippen LogP contribution >= 0.6 is 0 Å². The van der Waals surface area contributed by atoms with Crippen molar-refractivity contribution >= 4 is 16.7 Å². The summed E-state index contributed by atoms with van der Waals surface area (Å²) in [4.78, 5) is 25.7. The van der Waals surface area contributed by atoms with Crippen molar-refractivity contribution in [2.75, 3.05) is 33.3 Å². The molecule has 0 radical (unpaired) electrons. The summed E-state index contributed by atoms with van der Waals surface area (Å²) in [7, 11) is 2.14. The number of rotatable bonds is 7. The Morgan fingerprint density at radius 1 is 1.00 bits per heavy atom. The molecule has 0 aliphatic rings. The molecule has 154 valence electrons. The molecule has 0 spiro atoms. The molecule has 0 saturated carbocycles. The lowest BCUT2D eigenvalue weighted by atomic mass is 10.1. The molecule has 1 aromatic heterocycles. The fourth-order valence-corrected chi connectivity index (χ4v) is 3.05. The average Bonchev–Trinajstić information content (AvgIpc) is 2.74. The molecule has 0 fully saturated rings. The third kappa shape index (κ3) is 5.02. The lowest BCUT2D eigenvalue weighted by Crippen LogP contribution is -3.00. The molecule has 29 heavy (non-hydrogen) atoms. The Morgan fingerprint density at radius 3 is 2.21 bits per heavy atom. The predicted octanol–water partition coefficient (Wildman–Crippen LogP) is 0.0329. The molecule has 3 rings (SSSR count). The van der Waals surface area contributed by atoms with Crippen molar-refractivity contribution in [2.24, 2.45) is 0 Å². The lowest BCUT2D eigenvalue weighted by molar-refractivity contribution is -0.906. The van der Waals surface area contributed by atoms with Crippen molar-refractivity contribution in [1.29, 1.82) is 0 Å². The van der Waals surface area contributed by atoms with Gasteiger partial charge in [0.1, 0.15) is 13.2 Å². The highest BCUT2D eigenvalue weighted by Crippen LogP contribution is 2.16. The van der Waals surface area contributed by atoms with Gasteiger partial charge >= 0.3 is 5.97 Å².